The van der Waals surface area contributed by atoms with E-state index in [1.807, 2.05) is 0 Å². The van der Waals surface area contributed by atoms with Crippen LogP contribution < -0.4 is 0 Å². The molecule has 2 rings (SSSR count). The highest BCUT2D eigenvalue weighted by Crippen LogP contribution is 2.30. The average Bonchev–Trinajstić information content (AvgIpc) is 2.73. The second-order valence-corrected chi connectivity index (χ2v) is 6.87. The van der Waals surface area contributed by atoms with Crippen molar-refractivity contribution in [2.24, 2.45) is 5.41 Å². The van der Waals surface area contributed by atoms with Gasteiger partial charge in [0.15, 0.2) is 0 Å². The molecule has 0 unspecified atom stereocenters. The van der Waals surface area contributed by atoms with Crippen molar-refractivity contribution in [3.05, 3.63) is 21.9 Å². The van der Waals surface area contributed by atoms with E-state index in [1.54, 1.807) is 11.3 Å². The van der Waals surface area contributed by atoms with Gasteiger partial charge in [0.25, 0.3) is 0 Å². The summed E-state index contributed by atoms with van der Waals surface area (Å²) in [6.07, 6.45) is 2.64. The van der Waals surface area contributed by atoms with Crippen molar-refractivity contribution in [1.29, 1.82) is 0 Å². The van der Waals surface area contributed by atoms with Crippen LogP contribution in [0.5, 0.6) is 0 Å². The Hall–Kier alpha value is -0.820. The number of hydrogen-bond donors (Lipinski definition) is 1. The molecule has 98 valence electrons. The van der Waals surface area contributed by atoms with Crippen LogP contribution in [0.15, 0.2) is 12.1 Å². The quantitative estimate of drug-likeness (QED) is 0.829. The van der Waals surface area contributed by atoms with E-state index in [2.05, 4.69) is 42.7 Å². The smallest absolute Gasteiger partial charge is 0.104 e. The molecule has 1 N–H and O–H groups in total. The first-order valence-electron chi connectivity index (χ1n) is 6.50. The summed E-state index contributed by atoms with van der Waals surface area (Å²) >= 11 is 1.74. The molecule has 1 aromatic heterocycles. The van der Waals surface area contributed by atoms with E-state index in [1.165, 1.54) is 30.8 Å². The molecular formula is C15H21NOS. The van der Waals surface area contributed by atoms with Crippen molar-refractivity contribution < 1.29 is 5.11 Å². The fourth-order valence-corrected chi connectivity index (χ4v) is 3.48. The predicted molar refractivity (Wildman–Crippen MR) is 76.6 cm³/mol. The van der Waals surface area contributed by atoms with Gasteiger partial charge in [-0.05, 0) is 36.9 Å². The molecule has 2 nitrogen and oxygen atoms in total. The second kappa shape index (κ2) is 5.88. The summed E-state index contributed by atoms with van der Waals surface area (Å²) < 4.78 is 0. The Bertz CT molecular complexity index is 453. The highest BCUT2D eigenvalue weighted by molar-refractivity contribution is 7.12. The van der Waals surface area contributed by atoms with Crippen molar-refractivity contribution in [3.8, 4) is 11.8 Å². The van der Waals surface area contributed by atoms with Gasteiger partial charge in [0, 0.05) is 18.0 Å². The van der Waals surface area contributed by atoms with Gasteiger partial charge in [-0.15, -0.1) is 11.3 Å². The van der Waals surface area contributed by atoms with Gasteiger partial charge in [-0.3, -0.25) is 4.90 Å². The predicted octanol–water partition coefficient (Wildman–Crippen LogP) is 2.71. The molecule has 1 fully saturated rings. The average molecular weight is 263 g/mol. The molecule has 0 radical (unpaired) electrons. The minimum Gasteiger partial charge on any atom is -0.384 e. The number of nitrogens with zero attached hydrogens (tertiary/aromatic N) is 1. The Morgan fingerprint density at radius 2 is 2.28 bits per heavy atom. The summed E-state index contributed by atoms with van der Waals surface area (Å²) in [5.74, 6) is 5.67. The normalized spacial score (nSPS) is 19.3. The Balaban J connectivity index is 1.95. The Kier molecular flexibility index (Phi) is 4.45. The summed E-state index contributed by atoms with van der Waals surface area (Å²) in [7, 11) is 0. The van der Waals surface area contributed by atoms with E-state index in [0.717, 1.165) is 11.4 Å². The lowest BCUT2D eigenvalue weighted by atomic mass is 9.84. The van der Waals surface area contributed by atoms with Gasteiger partial charge in [-0.1, -0.05) is 25.7 Å². The summed E-state index contributed by atoms with van der Waals surface area (Å²) in [6, 6.07) is 4.21. The van der Waals surface area contributed by atoms with Crippen molar-refractivity contribution in [2.45, 2.75) is 33.2 Å². The maximum absolute atomic E-state index is 8.68. The van der Waals surface area contributed by atoms with Crippen LogP contribution >= 0.6 is 11.3 Å². The molecule has 1 aliphatic rings. The number of likely N-dealkylation sites (tertiary alicyclic amines) is 1. The van der Waals surface area contributed by atoms with Gasteiger partial charge in [0.05, 0.1) is 4.88 Å². The van der Waals surface area contributed by atoms with Crippen LogP contribution in [0.2, 0.25) is 0 Å². The fraction of sp³-hybridized carbons (Fsp3) is 0.600. The van der Waals surface area contributed by atoms with Gasteiger partial charge in [-0.2, -0.15) is 0 Å². The maximum Gasteiger partial charge on any atom is 0.104 e. The zero-order valence-electron chi connectivity index (χ0n) is 11.2. The molecule has 18 heavy (non-hydrogen) atoms. The number of aliphatic hydroxyl groups is 1. The monoisotopic (exact) mass is 263 g/mol. The first-order chi connectivity index (χ1) is 8.59. The summed E-state index contributed by atoms with van der Waals surface area (Å²) in [5.41, 5.74) is 0.453. The number of thiophene rings is 1. The fourth-order valence-electron chi connectivity index (χ4n) is 2.56. The van der Waals surface area contributed by atoms with E-state index < -0.39 is 0 Å². The molecule has 0 saturated carbocycles. The van der Waals surface area contributed by atoms with Crippen LogP contribution in [0.3, 0.4) is 0 Å². The molecule has 1 aromatic rings. The highest BCUT2D eigenvalue weighted by atomic mass is 32.1. The van der Waals surface area contributed by atoms with Crippen LogP contribution in [0.4, 0.5) is 0 Å². The Morgan fingerprint density at radius 1 is 1.44 bits per heavy atom. The molecule has 2 heterocycles. The third-order valence-corrected chi connectivity index (χ3v) is 4.30. The Morgan fingerprint density at radius 3 is 3.00 bits per heavy atom. The number of aliphatic hydroxyl groups excluding tert-OH is 1. The third-order valence-electron chi connectivity index (χ3n) is 3.31. The molecule has 1 aliphatic heterocycles. The van der Waals surface area contributed by atoms with Crippen molar-refractivity contribution in [2.75, 3.05) is 19.7 Å². The van der Waals surface area contributed by atoms with Gasteiger partial charge in [-0.25, -0.2) is 0 Å². The largest absolute Gasteiger partial charge is 0.384 e. The van der Waals surface area contributed by atoms with E-state index in [9.17, 15) is 0 Å². The van der Waals surface area contributed by atoms with Gasteiger partial charge >= 0.3 is 0 Å². The molecule has 0 spiro atoms. The molecular weight excluding hydrogens is 242 g/mol. The molecule has 0 atom stereocenters. The molecule has 1 saturated heterocycles. The highest BCUT2D eigenvalue weighted by Gasteiger charge is 2.26. The van der Waals surface area contributed by atoms with Crippen LogP contribution in [0, 0.1) is 17.3 Å². The minimum atomic E-state index is -0.0620. The van der Waals surface area contributed by atoms with E-state index in [0.29, 0.717) is 5.41 Å². The van der Waals surface area contributed by atoms with Crippen LogP contribution in [-0.2, 0) is 6.54 Å². The topological polar surface area (TPSA) is 23.5 Å². The number of hydrogen-bond acceptors (Lipinski definition) is 3. The summed E-state index contributed by atoms with van der Waals surface area (Å²) in [6.45, 7) is 8.07. The lowest BCUT2D eigenvalue weighted by Crippen LogP contribution is -2.39. The van der Waals surface area contributed by atoms with Gasteiger partial charge < -0.3 is 5.11 Å². The molecule has 0 aromatic carbocycles. The van der Waals surface area contributed by atoms with E-state index in [4.69, 9.17) is 5.11 Å². The zero-order valence-corrected chi connectivity index (χ0v) is 12.0. The third kappa shape index (κ3) is 3.84. The maximum atomic E-state index is 8.68. The number of rotatable bonds is 2. The van der Waals surface area contributed by atoms with Crippen molar-refractivity contribution >= 4 is 11.3 Å². The standard InChI is InChI=1S/C15H21NOS/c1-15(2)8-4-9-16(12-15)11-14-7-6-13(18-14)5-3-10-17/h6-7,17H,4,8-12H2,1-2H3. The van der Waals surface area contributed by atoms with Crippen LogP contribution in [0.25, 0.3) is 0 Å². The second-order valence-electron chi connectivity index (χ2n) is 5.70. The molecule has 0 bridgehead atoms. The lowest BCUT2D eigenvalue weighted by Gasteiger charge is -2.37. The van der Waals surface area contributed by atoms with Crippen LogP contribution in [-0.4, -0.2) is 29.7 Å². The van der Waals surface area contributed by atoms with Gasteiger partial charge in [0.2, 0.25) is 0 Å². The van der Waals surface area contributed by atoms with E-state index >= 15 is 0 Å². The minimum absolute atomic E-state index is 0.0620. The molecule has 0 aliphatic carbocycles. The number of piperidine rings is 1. The molecule has 0 amide bonds. The Labute approximate surface area is 114 Å². The van der Waals surface area contributed by atoms with Crippen molar-refractivity contribution in [3.63, 3.8) is 0 Å². The SMILES string of the molecule is CC1(C)CCCN(Cc2ccc(C#CCO)s2)C1. The van der Waals surface area contributed by atoms with E-state index in [-0.39, 0.29) is 6.61 Å². The first-order valence-corrected chi connectivity index (χ1v) is 7.31. The lowest BCUT2D eigenvalue weighted by molar-refractivity contribution is 0.112. The summed E-state index contributed by atoms with van der Waals surface area (Å²) in [4.78, 5) is 4.96. The van der Waals surface area contributed by atoms with Gasteiger partial charge in [0.1, 0.15) is 6.61 Å². The molecule has 3 heteroatoms. The van der Waals surface area contributed by atoms with Crippen molar-refractivity contribution in [1.82, 2.24) is 4.90 Å². The first kappa shape index (κ1) is 13.6. The summed E-state index contributed by atoms with van der Waals surface area (Å²) in [5, 5.41) is 8.68. The zero-order chi connectivity index (χ0) is 13.0. The van der Waals surface area contributed by atoms with Crippen LogP contribution in [0.1, 0.15) is 36.4 Å².